The van der Waals surface area contributed by atoms with Gasteiger partial charge in [0.05, 0.1) is 17.0 Å². The standard InChI is InChI=1S/C19H17FN4O3/c1-12-9-13(2)23(22-12)18-8-5-15(11-17(18)20)21-19(25)10-14-3-6-16(7-4-14)24(26)27/h3-9,11H,10H2,1-2H3,(H,21,25). The van der Waals surface area contributed by atoms with Gasteiger partial charge in [-0.05, 0) is 43.7 Å². The molecule has 0 saturated carbocycles. The van der Waals surface area contributed by atoms with Gasteiger partial charge >= 0.3 is 0 Å². The monoisotopic (exact) mass is 368 g/mol. The minimum absolute atomic E-state index is 0.0266. The van der Waals surface area contributed by atoms with Crippen molar-refractivity contribution >= 4 is 17.3 Å². The molecule has 3 rings (SSSR count). The number of hydrogen-bond acceptors (Lipinski definition) is 4. The predicted molar refractivity (Wildman–Crippen MR) is 98.4 cm³/mol. The second kappa shape index (κ2) is 7.36. The minimum atomic E-state index is -0.505. The van der Waals surface area contributed by atoms with Gasteiger partial charge in [0.2, 0.25) is 5.91 Å². The lowest BCUT2D eigenvalue weighted by atomic mass is 10.1. The van der Waals surface area contributed by atoms with Gasteiger partial charge < -0.3 is 5.32 Å². The summed E-state index contributed by atoms with van der Waals surface area (Å²) in [5.41, 5.74) is 2.80. The minimum Gasteiger partial charge on any atom is -0.326 e. The van der Waals surface area contributed by atoms with Crippen molar-refractivity contribution in [1.82, 2.24) is 9.78 Å². The summed E-state index contributed by atoms with van der Waals surface area (Å²) in [5, 5.41) is 17.5. The molecule has 0 bridgehead atoms. The molecule has 1 amide bonds. The van der Waals surface area contributed by atoms with Gasteiger partial charge in [-0.1, -0.05) is 12.1 Å². The Hall–Kier alpha value is -3.55. The van der Waals surface area contributed by atoms with E-state index in [1.807, 2.05) is 19.9 Å². The summed E-state index contributed by atoms with van der Waals surface area (Å²) >= 11 is 0. The maximum Gasteiger partial charge on any atom is 0.269 e. The van der Waals surface area contributed by atoms with Gasteiger partial charge in [-0.3, -0.25) is 14.9 Å². The van der Waals surface area contributed by atoms with Gasteiger partial charge in [0, 0.05) is 23.5 Å². The lowest BCUT2D eigenvalue weighted by molar-refractivity contribution is -0.384. The Morgan fingerprint density at radius 3 is 2.44 bits per heavy atom. The number of nitro benzene ring substituents is 1. The quantitative estimate of drug-likeness (QED) is 0.549. The number of nitro groups is 1. The Bertz CT molecular complexity index is 1010. The first-order valence-electron chi connectivity index (χ1n) is 8.20. The van der Waals surface area contributed by atoms with Crippen molar-refractivity contribution in [1.29, 1.82) is 0 Å². The van der Waals surface area contributed by atoms with Crippen LogP contribution in [0.15, 0.2) is 48.5 Å². The number of amides is 1. The number of aromatic nitrogens is 2. The first-order chi connectivity index (χ1) is 12.8. The molecular formula is C19H17FN4O3. The Labute approximate surface area is 154 Å². The number of aryl methyl sites for hydroxylation is 2. The van der Waals surface area contributed by atoms with Crippen LogP contribution < -0.4 is 5.32 Å². The third-order valence-corrected chi connectivity index (χ3v) is 3.98. The fourth-order valence-electron chi connectivity index (χ4n) is 2.76. The zero-order valence-electron chi connectivity index (χ0n) is 14.8. The van der Waals surface area contributed by atoms with Crippen molar-refractivity contribution in [3.8, 4) is 5.69 Å². The molecule has 0 spiro atoms. The van der Waals surface area contributed by atoms with Crippen LogP contribution in [0.3, 0.4) is 0 Å². The average Bonchev–Trinajstić information content (AvgIpc) is 2.93. The van der Waals surface area contributed by atoms with Crippen LogP contribution >= 0.6 is 0 Å². The maximum atomic E-state index is 14.4. The van der Waals surface area contributed by atoms with Gasteiger partial charge in [-0.2, -0.15) is 5.10 Å². The maximum absolute atomic E-state index is 14.4. The fourth-order valence-corrected chi connectivity index (χ4v) is 2.76. The van der Waals surface area contributed by atoms with E-state index in [4.69, 9.17) is 0 Å². The molecule has 0 radical (unpaired) electrons. The molecule has 0 aliphatic heterocycles. The molecule has 1 aromatic heterocycles. The molecule has 138 valence electrons. The Kier molecular flexibility index (Phi) is 4.98. The number of carbonyl (C=O) groups is 1. The third-order valence-electron chi connectivity index (χ3n) is 3.98. The molecule has 0 unspecified atom stereocenters. The second-order valence-corrected chi connectivity index (χ2v) is 6.15. The van der Waals surface area contributed by atoms with Crippen LogP contribution in [0.4, 0.5) is 15.8 Å². The number of nitrogens with one attached hydrogen (secondary N) is 1. The first-order valence-corrected chi connectivity index (χ1v) is 8.20. The molecule has 0 aliphatic carbocycles. The summed E-state index contributed by atoms with van der Waals surface area (Å²) in [4.78, 5) is 22.3. The van der Waals surface area contributed by atoms with Gasteiger partial charge in [-0.15, -0.1) is 0 Å². The topological polar surface area (TPSA) is 90.1 Å². The van der Waals surface area contributed by atoms with Crippen LogP contribution in [-0.2, 0) is 11.2 Å². The number of halogens is 1. The SMILES string of the molecule is Cc1cc(C)n(-c2ccc(NC(=O)Cc3ccc([N+](=O)[O-])cc3)cc2F)n1. The number of hydrogen-bond donors (Lipinski definition) is 1. The summed E-state index contributed by atoms with van der Waals surface area (Å²) < 4.78 is 16.0. The van der Waals surface area contributed by atoms with Gasteiger partial charge in [0.15, 0.2) is 5.82 Å². The van der Waals surface area contributed by atoms with Crippen molar-refractivity contribution < 1.29 is 14.1 Å². The Morgan fingerprint density at radius 2 is 1.89 bits per heavy atom. The molecular weight excluding hydrogens is 351 g/mol. The van der Waals surface area contributed by atoms with E-state index in [-0.39, 0.29) is 18.0 Å². The van der Waals surface area contributed by atoms with Crippen LogP contribution in [0.25, 0.3) is 5.69 Å². The number of benzene rings is 2. The van der Waals surface area contributed by atoms with E-state index in [0.29, 0.717) is 16.9 Å². The van der Waals surface area contributed by atoms with Crippen molar-refractivity contribution in [3.63, 3.8) is 0 Å². The van der Waals surface area contributed by atoms with Crippen LogP contribution in [0.5, 0.6) is 0 Å². The van der Waals surface area contributed by atoms with Crippen molar-refractivity contribution in [2.45, 2.75) is 20.3 Å². The highest BCUT2D eigenvalue weighted by atomic mass is 19.1. The van der Waals surface area contributed by atoms with Crippen LogP contribution in [0.1, 0.15) is 17.0 Å². The predicted octanol–water partition coefficient (Wildman–Crippen LogP) is 3.72. The fraction of sp³-hybridized carbons (Fsp3) is 0.158. The molecule has 1 N–H and O–H groups in total. The summed E-state index contributed by atoms with van der Waals surface area (Å²) in [6.07, 6.45) is 0.0266. The zero-order chi connectivity index (χ0) is 19.6. The largest absolute Gasteiger partial charge is 0.326 e. The summed E-state index contributed by atoms with van der Waals surface area (Å²) in [6, 6.07) is 11.9. The highest BCUT2D eigenvalue weighted by Gasteiger charge is 2.12. The van der Waals surface area contributed by atoms with E-state index in [9.17, 15) is 19.3 Å². The zero-order valence-corrected chi connectivity index (χ0v) is 14.8. The number of rotatable bonds is 5. The van der Waals surface area contributed by atoms with Crippen LogP contribution in [0, 0.1) is 29.8 Å². The van der Waals surface area contributed by atoms with Crippen molar-refractivity contribution in [3.05, 3.63) is 81.4 Å². The van der Waals surface area contributed by atoms with E-state index in [2.05, 4.69) is 10.4 Å². The Morgan fingerprint density at radius 1 is 1.19 bits per heavy atom. The summed E-state index contributed by atoms with van der Waals surface area (Å²) in [5.74, 6) is -0.851. The second-order valence-electron chi connectivity index (χ2n) is 6.15. The number of nitrogens with zero attached hydrogens (tertiary/aromatic N) is 3. The number of non-ortho nitro benzene ring substituents is 1. The van der Waals surface area contributed by atoms with E-state index in [0.717, 1.165) is 11.4 Å². The summed E-state index contributed by atoms with van der Waals surface area (Å²) in [7, 11) is 0. The molecule has 7 nitrogen and oxygen atoms in total. The summed E-state index contributed by atoms with van der Waals surface area (Å²) in [6.45, 7) is 3.66. The molecule has 27 heavy (non-hydrogen) atoms. The van der Waals surface area contributed by atoms with Gasteiger partial charge in [0.25, 0.3) is 5.69 Å². The normalized spacial score (nSPS) is 10.6. The lowest BCUT2D eigenvalue weighted by Gasteiger charge is -2.09. The molecule has 1 heterocycles. The molecule has 0 saturated heterocycles. The van der Waals surface area contributed by atoms with Gasteiger partial charge in [0.1, 0.15) is 5.69 Å². The molecule has 0 atom stereocenters. The van der Waals surface area contributed by atoms with E-state index >= 15 is 0 Å². The molecule has 2 aromatic carbocycles. The highest BCUT2D eigenvalue weighted by molar-refractivity contribution is 5.92. The number of carbonyl (C=O) groups excluding carboxylic acids is 1. The molecule has 3 aromatic rings. The van der Waals surface area contributed by atoms with E-state index < -0.39 is 10.7 Å². The molecule has 0 aliphatic rings. The lowest BCUT2D eigenvalue weighted by Crippen LogP contribution is -2.15. The molecule has 8 heteroatoms. The number of anilines is 1. The van der Waals surface area contributed by atoms with E-state index in [1.54, 1.807) is 12.1 Å². The average molecular weight is 368 g/mol. The third kappa shape index (κ3) is 4.17. The van der Waals surface area contributed by atoms with Gasteiger partial charge in [-0.25, -0.2) is 9.07 Å². The van der Waals surface area contributed by atoms with Crippen molar-refractivity contribution in [2.75, 3.05) is 5.32 Å². The van der Waals surface area contributed by atoms with Crippen LogP contribution in [0.2, 0.25) is 0 Å². The van der Waals surface area contributed by atoms with Crippen LogP contribution in [-0.4, -0.2) is 20.6 Å². The van der Waals surface area contributed by atoms with E-state index in [1.165, 1.54) is 35.0 Å². The smallest absolute Gasteiger partial charge is 0.269 e. The molecule has 0 fully saturated rings. The highest BCUT2D eigenvalue weighted by Crippen LogP contribution is 2.20. The Balaban J connectivity index is 1.70. The first kappa shape index (κ1) is 18.2. The van der Waals surface area contributed by atoms with Crippen molar-refractivity contribution in [2.24, 2.45) is 0 Å².